The number of carbonyl (C=O) groups excluding carboxylic acids is 1. The average molecular weight is 388 g/mol. The molecule has 0 saturated carbocycles. The Morgan fingerprint density at radius 1 is 0.966 bits per heavy atom. The molecule has 1 saturated heterocycles. The number of nitrogens with one attached hydrogen (secondary N) is 2. The van der Waals surface area contributed by atoms with E-state index in [1.165, 1.54) is 0 Å². The summed E-state index contributed by atoms with van der Waals surface area (Å²) in [6, 6.07) is 21.5. The zero-order chi connectivity index (χ0) is 19.9. The van der Waals surface area contributed by atoms with Gasteiger partial charge in [-0.2, -0.15) is 0 Å². The number of amides is 2. The second-order valence-corrected chi connectivity index (χ2v) is 6.80. The summed E-state index contributed by atoms with van der Waals surface area (Å²) in [6.45, 7) is 3.40. The molecule has 2 amide bonds. The van der Waals surface area contributed by atoms with Gasteiger partial charge in [0.1, 0.15) is 5.82 Å². The third kappa shape index (κ3) is 4.73. The van der Waals surface area contributed by atoms with Crippen molar-refractivity contribution in [2.75, 3.05) is 36.5 Å². The molecule has 0 atom stereocenters. The summed E-state index contributed by atoms with van der Waals surface area (Å²) in [7, 11) is 0. The fourth-order valence-electron chi connectivity index (χ4n) is 3.43. The van der Waals surface area contributed by atoms with Gasteiger partial charge in [-0.1, -0.05) is 54.6 Å². The van der Waals surface area contributed by atoms with E-state index in [0.29, 0.717) is 19.8 Å². The molecule has 2 aromatic carbocycles. The second kappa shape index (κ2) is 9.21. The number of anilines is 2. The van der Waals surface area contributed by atoms with Crippen LogP contribution in [0.4, 0.5) is 16.3 Å². The van der Waals surface area contributed by atoms with E-state index in [4.69, 9.17) is 4.74 Å². The van der Waals surface area contributed by atoms with E-state index in [9.17, 15) is 4.79 Å². The van der Waals surface area contributed by atoms with Crippen molar-refractivity contribution in [3.05, 3.63) is 78.5 Å². The average Bonchev–Trinajstić information content (AvgIpc) is 2.79. The lowest BCUT2D eigenvalue weighted by Gasteiger charge is -2.29. The van der Waals surface area contributed by atoms with Crippen LogP contribution in [0, 0.1) is 0 Å². The normalized spacial score (nSPS) is 13.7. The highest BCUT2D eigenvalue weighted by molar-refractivity contribution is 5.94. The SMILES string of the molecule is O=C(NCc1cccnc1N1CCOCC1)Nc1ccccc1-c1ccccc1. The predicted molar refractivity (Wildman–Crippen MR) is 115 cm³/mol. The molecule has 0 radical (unpaired) electrons. The molecule has 2 N–H and O–H groups in total. The number of aromatic nitrogens is 1. The van der Waals surface area contributed by atoms with Crippen LogP contribution < -0.4 is 15.5 Å². The van der Waals surface area contributed by atoms with E-state index in [1.54, 1.807) is 6.20 Å². The van der Waals surface area contributed by atoms with Gasteiger partial charge in [-0.3, -0.25) is 0 Å². The fraction of sp³-hybridized carbons (Fsp3) is 0.217. The van der Waals surface area contributed by atoms with Crippen molar-refractivity contribution < 1.29 is 9.53 Å². The van der Waals surface area contributed by atoms with E-state index >= 15 is 0 Å². The van der Waals surface area contributed by atoms with Crippen LogP contribution >= 0.6 is 0 Å². The number of urea groups is 1. The smallest absolute Gasteiger partial charge is 0.319 e. The van der Waals surface area contributed by atoms with Gasteiger partial charge in [0.25, 0.3) is 0 Å². The zero-order valence-electron chi connectivity index (χ0n) is 16.2. The Kier molecular flexibility index (Phi) is 6.02. The van der Waals surface area contributed by atoms with Gasteiger partial charge in [-0.05, 0) is 17.7 Å². The first kappa shape index (κ1) is 19.0. The summed E-state index contributed by atoms with van der Waals surface area (Å²) in [4.78, 5) is 19.3. The predicted octanol–water partition coefficient (Wildman–Crippen LogP) is 3.91. The molecule has 1 aliphatic heterocycles. The minimum Gasteiger partial charge on any atom is -0.378 e. The van der Waals surface area contributed by atoms with Gasteiger partial charge in [-0.15, -0.1) is 0 Å². The molecule has 1 fully saturated rings. The summed E-state index contributed by atoms with van der Waals surface area (Å²) in [5.74, 6) is 0.904. The summed E-state index contributed by atoms with van der Waals surface area (Å²) in [5.41, 5.74) is 3.81. The summed E-state index contributed by atoms with van der Waals surface area (Å²) in [6.07, 6.45) is 1.78. The number of pyridine rings is 1. The summed E-state index contributed by atoms with van der Waals surface area (Å²) in [5, 5.41) is 5.93. The molecule has 1 aliphatic rings. The van der Waals surface area contributed by atoms with Crippen LogP contribution in [0.1, 0.15) is 5.56 Å². The van der Waals surface area contributed by atoms with Gasteiger partial charge in [0.05, 0.1) is 18.9 Å². The number of benzene rings is 2. The second-order valence-electron chi connectivity index (χ2n) is 6.80. The number of hydrogen-bond acceptors (Lipinski definition) is 4. The summed E-state index contributed by atoms with van der Waals surface area (Å²) < 4.78 is 5.42. The molecule has 2 heterocycles. The van der Waals surface area contributed by atoms with Crippen LogP contribution in [-0.4, -0.2) is 37.3 Å². The number of para-hydroxylation sites is 1. The number of rotatable bonds is 5. The van der Waals surface area contributed by atoms with E-state index in [2.05, 4.69) is 20.5 Å². The van der Waals surface area contributed by atoms with Crippen molar-refractivity contribution in [3.63, 3.8) is 0 Å². The minimum absolute atomic E-state index is 0.245. The van der Waals surface area contributed by atoms with E-state index in [-0.39, 0.29) is 6.03 Å². The third-order valence-electron chi connectivity index (χ3n) is 4.88. The van der Waals surface area contributed by atoms with E-state index < -0.39 is 0 Å². The first-order chi connectivity index (χ1) is 14.3. The molecule has 1 aromatic heterocycles. The molecular formula is C23H24N4O2. The van der Waals surface area contributed by atoms with Crippen LogP contribution in [-0.2, 0) is 11.3 Å². The molecular weight excluding hydrogens is 364 g/mol. The molecule has 0 aliphatic carbocycles. The number of carbonyl (C=O) groups is 1. The van der Waals surface area contributed by atoms with E-state index in [1.807, 2.05) is 66.7 Å². The Labute approximate surface area is 170 Å². The molecule has 29 heavy (non-hydrogen) atoms. The highest BCUT2D eigenvalue weighted by Crippen LogP contribution is 2.27. The van der Waals surface area contributed by atoms with Gasteiger partial charge in [0.2, 0.25) is 0 Å². The highest BCUT2D eigenvalue weighted by Gasteiger charge is 2.16. The number of morpholine rings is 1. The van der Waals surface area contributed by atoms with Gasteiger partial charge >= 0.3 is 6.03 Å². The molecule has 0 bridgehead atoms. The summed E-state index contributed by atoms with van der Waals surface area (Å²) >= 11 is 0. The van der Waals surface area contributed by atoms with Crippen LogP contribution in [0.15, 0.2) is 72.9 Å². The first-order valence-electron chi connectivity index (χ1n) is 9.77. The molecule has 0 spiro atoms. The fourth-order valence-corrected chi connectivity index (χ4v) is 3.43. The van der Waals surface area contributed by atoms with Crippen molar-refractivity contribution in [1.82, 2.24) is 10.3 Å². The first-order valence-corrected chi connectivity index (χ1v) is 9.77. The Morgan fingerprint density at radius 2 is 1.72 bits per heavy atom. The largest absolute Gasteiger partial charge is 0.378 e. The number of nitrogens with zero attached hydrogens (tertiary/aromatic N) is 2. The molecule has 0 unspecified atom stereocenters. The van der Waals surface area contributed by atoms with E-state index in [0.717, 1.165) is 41.3 Å². The standard InChI is InChI=1S/C23H24N4O2/c28-23(26-21-11-5-4-10-20(21)18-7-2-1-3-8-18)25-17-19-9-6-12-24-22(19)27-13-15-29-16-14-27/h1-12H,13-17H2,(H2,25,26,28). The van der Waals surface area contributed by atoms with Crippen LogP contribution in [0.3, 0.4) is 0 Å². The molecule has 6 nitrogen and oxygen atoms in total. The lowest BCUT2D eigenvalue weighted by atomic mass is 10.0. The lowest BCUT2D eigenvalue weighted by Crippen LogP contribution is -2.38. The zero-order valence-corrected chi connectivity index (χ0v) is 16.2. The molecule has 148 valence electrons. The van der Waals surface area contributed by atoms with Crippen molar-refractivity contribution in [1.29, 1.82) is 0 Å². The lowest BCUT2D eigenvalue weighted by molar-refractivity contribution is 0.122. The van der Waals surface area contributed by atoms with Crippen molar-refractivity contribution in [2.24, 2.45) is 0 Å². The molecule has 6 heteroatoms. The van der Waals surface area contributed by atoms with Gasteiger partial charge in [0, 0.05) is 37.0 Å². The van der Waals surface area contributed by atoms with Crippen LogP contribution in [0.2, 0.25) is 0 Å². The maximum absolute atomic E-state index is 12.6. The Bertz CT molecular complexity index is 956. The number of hydrogen-bond donors (Lipinski definition) is 2. The Morgan fingerprint density at radius 3 is 2.55 bits per heavy atom. The minimum atomic E-state index is -0.245. The highest BCUT2D eigenvalue weighted by atomic mass is 16.5. The topological polar surface area (TPSA) is 66.5 Å². The van der Waals surface area contributed by atoms with Gasteiger partial charge < -0.3 is 20.3 Å². The maximum Gasteiger partial charge on any atom is 0.319 e. The molecule has 3 aromatic rings. The Balaban J connectivity index is 1.43. The van der Waals surface area contributed by atoms with Crippen molar-refractivity contribution in [2.45, 2.75) is 6.54 Å². The molecule has 4 rings (SSSR count). The third-order valence-corrected chi connectivity index (χ3v) is 4.88. The van der Waals surface area contributed by atoms with Gasteiger partial charge in [-0.25, -0.2) is 9.78 Å². The van der Waals surface area contributed by atoms with Gasteiger partial charge in [0.15, 0.2) is 0 Å². The van der Waals surface area contributed by atoms with Crippen LogP contribution in [0.25, 0.3) is 11.1 Å². The monoisotopic (exact) mass is 388 g/mol. The van der Waals surface area contributed by atoms with Crippen molar-refractivity contribution >= 4 is 17.5 Å². The van der Waals surface area contributed by atoms with Crippen molar-refractivity contribution in [3.8, 4) is 11.1 Å². The quantitative estimate of drug-likeness (QED) is 0.696. The maximum atomic E-state index is 12.6. The Hall–Kier alpha value is -3.38. The number of ether oxygens (including phenoxy) is 1. The van der Waals surface area contributed by atoms with Crippen LogP contribution in [0.5, 0.6) is 0 Å².